The summed E-state index contributed by atoms with van der Waals surface area (Å²) in [4.78, 5) is 28.1. The minimum absolute atomic E-state index is 0.0377. The number of anilines is 1. The van der Waals surface area contributed by atoms with E-state index >= 15 is 0 Å². The van der Waals surface area contributed by atoms with E-state index in [1.165, 1.54) is 148 Å². The molecular weight excluding hydrogens is 665 g/mol. The zero-order chi connectivity index (χ0) is 38.6. The van der Waals surface area contributed by atoms with Gasteiger partial charge < -0.3 is 19.7 Å². The van der Waals surface area contributed by atoms with Crippen LogP contribution < -0.4 is 5.32 Å². The highest BCUT2D eigenvalue weighted by atomic mass is 16.1. The summed E-state index contributed by atoms with van der Waals surface area (Å²) in [6.45, 7) is 19.4. The van der Waals surface area contributed by atoms with Gasteiger partial charge in [0.05, 0.1) is 17.4 Å². The molecule has 0 aliphatic rings. The van der Waals surface area contributed by atoms with Gasteiger partial charge in [-0.25, -0.2) is 9.97 Å². The lowest BCUT2D eigenvalue weighted by Crippen LogP contribution is -2.32. The van der Waals surface area contributed by atoms with Crippen LogP contribution in [0.3, 0.4) is 0 Å². The Hall–Kier alpha value is -2.51. The lowest BCUT2D eigenvalue weighted by molar-refractivity contribution is -0.116. The largest absolute Gasteiger partial charge is 0.330 e. The number of benzene rings is 1. The molecule has 1 aromatic carbocycles. The van der Waals surface area contributed by atoms with Crippen molar-refractivity contribution < 1.29 is 4.79 Å². The van der Waals surface area contributed by atoms with E-state index in [2.05, 4.69) is 60.4 Å². The first-order valence-electron chi connectivity index (χ1n) is 22.9. The molecule has 0 fully saturated rings. The molecule has 54 heavy (non-hydrogen) atoms. The highest BCUT2D eigenvalue weighted by Crippen LogP contribution is 2.29. The molecule has 7 nitrogen and oxygen atoms in total. The van der Waals surface area contributed by atoms with Gasteiger partial charge in [-0.1, -0.05) is 162 Å². The summed E-state index contributed by atoms with van der Waals surface area (Å²) >= 11 is 0. The van der Waals surface area contributed by atoms with Crippen LogP contribution in [0.5, 0.6) is 0 Å². The molecule has 0 saturated heterocycles. The number of hydrogen-bond acceptors (Lipinski definition) is 5. The smallest absolute Gasteiger partial charge is 0.225 e. The molecule has 7 heteroatoms. The van der Waals surface area contributed by atoms with E-state index in [9.17, 15) is 4.79 Å². The highest BCUT2D eigenvalue weighted by Gasteiger charge is 2.16. The normalized spacial score (nSPS) is 12.0. The summed E-state index contributed by atoms with van der Waals surface area (Å²) in [5.74, 6) is 1.12. The lowest BCUT2D eigenvalue weighted by atomic mass is 10.1. The number of nitrogens with zero attached hydrogens (tertiary/aromatic N) is 5. The highest BCUT2D eigenvalue weighted by molar-refractivity contribution is 6.09. The molecule has 0 unspecified atom stereocenters. The van der Waals surface area contributed by atoms with Crippen molar-refractivity contribution >= 4 is 33.7 Å². The number of rotatable bonds is 34. The van der Waals surface area contributed by atoms with Crippen molar-refractivity contribution in [2.75, 3.05) is 44.6 Å². The van der Waals surface area contributed by atoms with Gasteiger partial charge >= 0.3 is 0 Å². The van der Waals surface area contributed by atoms with Gasteiger partial charge in [0.1, 0.15) is 5.52 Å². The Morgan fingerprint density at radius 1 is 0.648 bits per heavy atom. The summed E-state index contributed by atoms with van der Waals surface area (Å²) < 4.78 is 2.21. The van der Waals surface area contributed by atoms with E-state index < -0.39 is 0 Å². The topological polar surface area (TPSA) is 66.3 Å². The first-order valence-corrected chi connectivity index (χ1v) is 22.9. The predicted octanol–water partition coefficient (Wildman–Crippen LogP) is 12.8. The van der Waals surface area contributed by atoms with Gasteiger partial charge in [-0.05, 0) is 83.4 Å². The number of pyridine rings is 1. The molecule has 2 aromatic heterocycles. The first kappa shape index (κ1) is 45.9. The molecule has 306 valence electrons. The van der Waals surface area contributed by atoms with Crippen molar-refractivity contribution in [3.05, 3.63) is 30.6 Å². The van der Waals surface area contributed by atoms with Crippen LogP contribution in [0.1, 0.15) is 182 Å². The molecule has 3 rings (SSSR count). The average molecular weight is 747 g/mol. The average Bonchev–Trinajstić information content (AvgIpc) is 3.59. The molecular formula is C47H82N6O. The number of hydrogen-bond donors (Lipinski definition) is 1. The van der Waals surface area contributed by atoms with E-state index in [1.54, 1.807) is 0 Å². The number of fused-ring (bicyclic) bond motifs is 3. The zero-order valence-corrected chi connectivity index (χ0v) is 35.8. The Morgan fingerprint density at radius 2 is 1.15 bits per heavy atom. The molecule has 0 spiro atoms. The van der Waals surface area contributed by atoms with Crippen molar-refractivity contribution in [1.82, 2.24) is 24.3 Å². The van der Waals surface area contributed by atoms with Gasteiger partial charge in [0.15, 0.2) is 5.82 Å². The Kier molecular flexibility index (Phi) is 24.5. The molecule has 0 atom stereocenters. The maximum atomic E-state index is 13.2. The van der Waals surface area contributed by atoms with Gasteiger partial charge in [0, 0.05) is 18.4 Å². The molecule has 3 aromatic rings. The molecule has 1 N–H and O–H groups in total. The van der Waals surface area contributed by atoms with Crippen molar-refractivity contribution in [3.8, 4) is 0 Å². The Labute approximate surface area is 331 Å². The fourth-order valence-electron chi connectivity index (χ4n) is 7.97. The third-order valence-electron chi connectivity index (χ3n) is 11.2. The molecule has 2 heterocycles. The number of carbonyl (C=O) groups excluding carboxylic acids is 1. The third kappa shape index (κ3) is 18.4. The fourth-order valence-corrected chi connectivity index (χ4v) is 7.97. The molecule has 0 aliphatic heterocycles. The van der Waals surface area contributed by atoms with Crippen LogP contribution in [-0.2, 0) is 11.3 Å². The summed E-state index contributed by atoms with van der Waals surface area (Å²) in [6, 6.07) is 8.18. The number of amides is 1. The van der Waals surface area contributed by atoms with Crippen LogP contribution in [0.15, 0.2) is 30.6 Å². The number of imidazole rings is 1. The second kappa shape index (κ2) is 28.8. The minimum Gasteiger partial charge on any atom is -0.330 e. The fraction of sp³-hybridized carbons (Fsp3) is 0.766. The summed E-state index contributed by atoms with van der Waals surface area (Å²) in [5.41, 5.74) is 2.73. The summed E-state index contributed by atoms with van der Waals surface area (Å²) in [6.07, 6.45) is 31.8. The number of unbranched alkanes of at least 4 members (excludes halogenated alkanes) is 18. The standard InChI is InChI=1S/C47H82N6O/c1-6-9-11-13-15-17-19-21-27-34-51(8-3)37-30-38-52(35-28-22-20-18-16-14-12-10-7-2)36-29-23-24-33-44(54)50-47-45-46(53(40-48-45)39-41(4)5)42-31-25-26-32-43(42)49-47/h25-26,31-32,40-41H,6-24,27-30,33-39H2,1-5H3,(H,49,50,54). The van der Waals surface area contributed by atoms with Gasteiger partial charge in [0.2, 0.25) is 5.91 Å². The lowest BCUT2D eigenvalue weighted by Gasteiger charge is -2.25. The molecule has 1 amide bonds. The van der Waals surface area contributed by atoms with Crippen molar-refractivity contribution in [2.24, 2.45) is 5.92 Å². The minimum atomic E-state index is 0.0377. The zero-order valence-electron chi connectivity index (χ0n) is 35.8. The monoisotopic (exact) mass is 747 g/mol. The quantitative estimate of drug-likeness (QED) is 0.0616. The van der Waals surface area contributed by atoms with Crippen LogP contribution >= 0.6 is 0 Å². The maximum absolute atomic E-state index is 13.2. The second-order valence-corrected chi connectivity index (χ2v) is 16.6. The van der Waals surface area contributed by atoms with Crippen LogP contribution in [0, 0.1) is 5.92 Å². The van der Waals surface area contributed by atoms with Gasteiger partial charge in [-0.15, -0.1) is 0 Å². The molecule has 0 aliphatic carbocycles. The SMILES string of the molecule is CCCCCCCCCCCN(CC)CCCN(CCCCCCCCCCC)CCCCCC(=O)Nc1nc2ccccc2c2c1ncn2CC(C)C. The second-order valence-electron chi connectivity index (χ2n) is 16.6. The summed E-state index contributed by atoms with van der Waals surface area (Å²) in [5, 5.41) is 4.22. The maximum Gasteiger partial charge on any atom is 0.225 e. The third-order valence-corrected chi connectivity index (χ3v) is 11.2. The molecule has 0 saturated carbocycles. The number of para-hydroxylation sites is 1. The van der Waals surface area contributed by atoms with Gasteiger partial charge in [-0.2, -0.15) is 0 Å². The van der Waals surface area contributed by atoms with E-state index in [-0.39, 0.29) is 5.91 Å². The Bertz CT molecular complexity index is 1390. The van der Waals surface area contributed by atoms with E-state index in [0.717, 1.165) is 60.8 Å². The van der Waals surface area contributed by atoms with Gasteiger partial charge in [0.25, 0.3) is 0 Å². The number of nitrogens with one attached hydrogen (secondary N) is 1. The van der Waals surface area contributed by atoms with Crippen LogP contribution in [0.2, 0.25) is 0 Å². The van der Waals surface area contributed by atoms with Gasteiger partial charge in [-0.3, -0.25) is 4.79 Å². The van der Waals surface area contributed by atoms with E-state index in [1.807, 2.05) is 24.5 Å². The van der Waals surface area contributed by atoms with Crippen LogP contribution in [-0.4, -0.2) is 69.5 Å². The van der Waals surface area contributed by atoms with E-state index in [4.69, 9.17) is 9.97 Å². The number of carbonyl (C=O) groups is 1. The molecule has 0 bridgehead atoms. The first-order chi connectivity index (χ1) is 26.5. The number of aromatic nitrogens is 3. The Balaban J connectivity index is 1.41. The van der Waals surface area contributed by atoms with Crippen molar-refractivity contribution in [2.45, 2.75) is 189 Å². The van der Waals surface area contributed by atoms with Crippen molar-refractivity contribution in [1.29, 1.82) is 0 Å². The Morgan fingerprint density at radius 3 is 1.72 bits per heavy atom. The predicted molar refractivity (Wildman–Crippen MR) is 235 cm³/mol. The van der Waals surface area contributed by atoms with Crippen LogP contribution in [0.4, 0.5) is 5.82 Å². The molecule has 0 radical (unpaired) electrons. The summed E-state index contributed by atoms with van der Waals surface area (Å²) in [7, 11) is 0. The van der Waals surface area contributed by atoms with Crippen LogP contribution in [0.25, 0.3) is 21.9 Å². The van der Waals surface area contributed by atoms with E-state index in [0.29, 0.717) is 18.2 Å². The van der Waals surface area contributed by atoms with Crippen molar-refractivity contribution in [3.63, 3.8) is 0 Å².